The number of hydrogen-bond donors (Lipinski definition) is 1. The normalized spacial score (nSPS) is 48.7. The van der Waals surface area contributed by atoms with Crippen molar-refractivity contribution in [3.8, 4) is 0 Å². The van der Waals surface area contributed by atoms with Gasteiger partial charge in [-0.2, -0.15) is 0 Å². The molecule has 10 nitrogen and oxygen atoms in total. The van der Waals surface area contributed by atoms with E-state index in [1.165, 1.54) is 24.3 Å². The summed E-state index contributed by atoms with van der Waals surface area (Å²) in [6.45, 7) is 4.33. The molecule has 2 bridgehead atoms. The average Bonchev–Trinajstić information content (AvgIpc) is 3.78. The number of hydrogen-bond acceptors (Lipinski definition) is 10. The van der Waals surface area contributed by atoms with E-state index in [0.29, 0.717) is 32.3 Å². The SMILES string of the molecule is C[C@@]12[C@H]3C[C@@H](O[C@@H]4C=C(CO)CC[C@@]41COC(=O)[C@H]1O[C@]1(C)CCOC(=O)/C=C/C=C/C(=O)O3)[C@@]21CO1. The zero-order chi connectivity index (χ0) is 26.1. The summed E-state index contributed by atoms with van der Waals surface area (Å²) < 4.78 is 35.5. The van der Waals surface area contributed by atoms with E-state index in [9.17, 15) is 19.5 Å². The van der Waals surface area contributed by atoms with Gasteiger partial charge in [-0.25, -0.2) is 14.4 Å². The smallest absolute Gasteiger partial charge is 0.338 e. The highest BCUT2D eigenvalue weighted by atomic mass is 16.7. The Kier molecular flexibility index (Phi) is 5.69. The van der Waals surface area contributed by atoms with Crippen molar-refractivity contribution in [1.82, 2.24) is 0 Å². The fourth-order valence-electron chi connectivity index (χ4n) is 7.03. The molecule has 6 aliphatic rings. The van der Waals surface area contributed by atoms with E-state index < -0.39 is 58.3 Å². The number of esters is 3. The van der Waals surface area contributed by atoms with Crippen LogP contribution in [0, 0.1) is 10.8 Å². The van der Waals surface area contributed by atoms with Crippen molar-refractivity contribution in [2.24, 2.45) is 10.8 Å². The molecule has 1 saturated carbocycles. The van der Waals surface area contributed by atoms with E-state index in [0.717, 1.165) is 5.57 Å². The molecule has 4 heterocycles. The zero-order valence-corrected chi connectivity index (χ0v) is 21.0. The Bertz CT molecular complexity index is 1100. The maximum absolute atomic E-state index is 13.1. The lowest BCUT2D eigenvalue weighted by molar-refractivity contribution is -0.233. The van der Waals surface area contributed by atoms with Crippen LogP contribution < -0.4 is 0 Å². The number of ether oxygens (including phenoxy) is 6. The standard InChI is InChI=1S/C27H32O10/c1-24-9-10-32-20(29)5-3-4-6-21(30)36-17-12-19-27(15-34-27)25(17,2)26(14-33-23(31)22(24)37-24)8-7-16(13-28)11-18(26)35-19/h3-6,11,17-19,22,28H,7-10,12-15H2,1-2H3/b5-3+,6-4+/t17-,18-,19-,22-,24-,25-,26-,27+/m1/s1. The minimum absolute atomic E-state index is 0.0254. The van der Waals surface area contributed by atoms with Gasteiger partial charge in [-0.1, -0.05) is 25.2 Å². The van der Waals surface area contributed by atoms with Crippen LogP contribution in [0.25, 0.3) is 0 Å². The second kappa shape index (κ2) is 8.49. The van der Waals surface area contributed by atoms with Gasteiger partial charge in [-0.15, -0.1) is 0 Å². The second-order valence-electron chi connectivity index (χ2n) is 11.3. The van der Waals surface area contributed by atoms with Crippen molar-refractivity contribution in [2.45, 2.75) is 75.1 Å². The lowest BCUT2D eigenvalue weighted by Crippen LogP contribution is -2.67. The topological polar surface area (TPSA) is 133 Å². The van der Waals surface area contributed by atoms with Gasteiger partial charge in [0.2, 0.25) is 0 Å². The Morgan fingerprint density at radius 3 is 2.49 bits per heavy atom. The highest BCUT2D eigenvalue weighted by molar-refractivity contribution is 5.84. The van der Waals surface area contributed by atoms with Gasteiger partial charge in [0.25, 0.3) is 0 Å². The summed E-state index contributed by atoms with van der Waals surface area (Å²) in [7, 11) is 0. The molecule has 2 aliphatic carbocycles. The highest BCUT2D eigenvalue weighted by Gasteiger charge is 2.83. The van der Waals surface area contributed by atoms with Gasteiger partial charge in [-0.05, 0) is 25.3 Å². The Hall–Kier alpha value is -2.53. The van der Waals surface area contributed by atoms with E-state index >= 15 is 0 Å². The molecular weight excluding hydrogens is 484 g/mol. The van der Waals surface area contributed by atoms with Crippen molar-refractivity contribution < 1.29 is 47.9 Å². The molecular formula is C27H32O10. The van der Waals surface area contributed by atoms with Crippen LogP contribution in [-0.4, -0.2) is 85.1 Å². The molecule has 4 fully saturated rings. The molecule has 0 radical (unpaired) electrons. The van der Waals surface area contributed by atoms with Crippen molar-refractivity contribution in [3.63, 3.8) is 0 Å². The fourth-order valence-corrected chi connectivity index (χ4v) is 7.03. The van der Waals surface area contributed by atoms with E-state index in [-0.39, 0.29) is 25.9 Å². The number of allylic oxidation sites excluding steroid dienone is 2. The molecule has 37 heavy (non-hydrogen) atoms. The van der Waals surface area contributed by atoms with Crippen molar-refractivity contribution in [2.75, 3.05) is 26.4 Å². The molecule has 3 saturated heterocycles. The van der Waals surface area contributed by atoms with Crippen molar-refractivity contribution in [1.29, 1.82) is 0 Å². The first-order chi connectivity index (χ1) is 17.7. The summed E-state index contributed by atoms with van der Waals surface area (Å²) in [5.41, 5.74) is -2.01. The lowest BCUT2D eigenvalue weighted by atomic mass is 9.51. The maximum Gasteiger partial charge on any atom is 0.338 e. The molecule has 0 aromatic heterocycles. The quantitative estimate of drug-likeness (QED) is 0.235. The van der Waals surface area contributed by atoms with Crippen LogP contribution in [0.4, 0.5) is 0 Å². The first-order valence-electron chi connectivity index (χ1n) is 12.8. The van der Waals surface area contributed by atoms with E-state index in [4.69, 9.17) is 28.4 Å². The summed E-state index contributed by atoms with van der Waals surface area (Å²) >= 11 is 0. The molecule has 0 aromatic carbocycles. The van der Waals surface area contributed by atoms with E-state index in [2.05, 4.69) is 6.92 Å². The molecule has 4 aliphatic heterocycles. The third-order valence-corrected chi connectivity index (χ3v) is 9.55. The average molecular weight is 517 g/mol. The first-order valence-corrected chi connectivity index (χ1v) is 12.8. The van der Waals surface area contributed by atoms with Crippen LogP contribution in [0.1, 0.15) is 39.5 Å². The Morgan fingerprint density at radius 1 is 1.00 bits per heavy atom. The van der Waals surface area contributed by atoms with Crippen LogP contribution in [0.15, 0.2) is 36.0 Å². The number of rotatable bonds is 1. The van der Waals surface area contributed by atoms with Gasteiger partial charge < -0.3 is 33.5 Å². The second-order valence-corrected chi connectivity index (χ2v) is 11.3. The molecule has 200 valence electrons. The molecule has 8 atom stereocenters. The lowest BCUT2D eigenvalue weighted by Gasteiger charge is -2.58. The molecule has 0 amide bonds. The number of epoxide rings is 2. The van der Waals surface area contributed by atoms with Gasteiger partial charge in [0.1, 0.15) is 23.9 Å². The third kappa shape index (κ3) is 3.64. The summed E-state index contributed by atoms with van der Waals surface area (Å²) in [6.07, 6.45) is 7.15. The van der Waals surface area contributed by atoms with Crippen molar-refractivity contribution in [3.05, 3.63) is 36.0 Å². The summed E-state index contributed by atoms with van der Waals surface area (Å²) in [5.74, 6) is -1.61. The number of aliphatic hydroxyl groups excluding tert-OH is 1. The van der Waals surface area contributed by atoms with Gasteiger partial charge in [-0.3, -0.25) is 0 Å². The van der Waals surface area contributed by atoms with Crippen LogP contribution >= 0.6 is 0 Å². The van der Waals surface area contributed by atoms with E-state index in [1.54, 1.807) is 6.92 Å². The molecule has 2 spiro atoms. The maximum atomic E-state index is 13.1. The Morgan fingerprint density at radius 2 is 1.76 bits per heavy atom. The molecule has 10 heteroatoms. The Balaban J connectivity index is 1.37. The molecule has 0 unspecified atom stereocenters. The summed E-state index contributed by atoms with van der Waals surface area (Å²) in [5, 5.41) is 9.83. The van der Waals surface area contributed by atoms with Crippen LogP contribution in [0.2, 0.25) is 0 Å². The highest BCUT2D eigenvalue weighted by Crippen LogP contribution is 2.72. The number of cyclic esters (lactones) is 2. The summed E-state index contributed by atoms with van der Waals surface area (Å²) in [4.78, 5) is 37.9. The predicted octanol–water partition coefficient (Wildman–Crippen LogP) is 1.30. The Labute approximate surface area is 214 Å². The van der Waals surface area contributed by atoms with Crippen molar-refractivity contribution >= 4 is 17.9 Å². The van der Waals surface area contributed by atoms with Gasteiger partial charge in [0.15, 0.2) is 6.10 Å². The van der Waals surface area contributed by atoms with Gasteiger partial charge in [0, 0.05) is 30.4 Å². The van der Waals surface area contributed by atoms with Crippen LogP contribution in [-0.2, 0) is 42.8 Å². The zero-order valence-electron chi connectivity index (χ0n) is 21.0. The monoisotopic (exact) mass is 516 g/mol. The largest absolute Gasteiger partial charge is 0.463 e. The third-order valence-electron chi connectivity index (χ3n) is 9.55. The number of aliphatic hydroxyl groups is 1. The number of carbonyl (C=O) groups is 3. The van der Waals surface area contributed by atoms with Gasteiger partial charge >= 0.3 is 17.9 Å². The summed E-state index contributed by atoms with van der Waals surface area (Å²) in [6, 6.07) is 0. The fraction of sp³-hybridized carbons (Fsp3) is 0.667. The van der Waals surface area contributed by atoms with E-state index in [1.807, 2.05) is 6.08 Å². The molecule has 6 rings (SSSR count). The first kappa shape index (κ1) is 24.8. The predicted molar refractivity (Wildman–Crippen MR) is 125 cm³/mol. The van der Waals surface area contributed by atoms with Gasteiger partial charge in [0.05, 0.1) is 37.4 Å². The number of fused-ring (bicyclic) bond motifs is 1. The molecule has 0 aromatic rings. The minimum atomic E-state index is -0.773. The van der Waals surface area contributed by atoms with Crippen LogP contribution in [0.3, 0.4) is 0 Å². The number of carbonyl (C=O) groups excluding carboxylic acids is 3. The minimum Gasteiger partial charge on any atom is -0.463 e. The molecule has 1 N–H and O–H groups in total. The van der Waals surface area contributed by atoms with Crippen LogP contribution in [0.5, 0.6) is 0 Å².